The molecule has 0 aliphatic rings. The van der Waals surface area contributed by atoms with Crippen molar-refractivity contribution >= 4 is 11.9 Å². The zero-order valence-corrected chi connectivity index (χ0v) is 12.2. The van der Waals surface area contributed by atoms with Crippen molar-refractivity contribution in [1.29, 1.82) is 0 Å². The van der Waals surface area contributed by atoms with Crippen molar-refractivity contribution in [2.45, 2.75) is 38.8 Å². The highest BCUT2D eigenvalue weighted by Gasteiger charge is 2.17. The topological polar surface area (TPSA) is 81.1 Å². The van der Waals surface area contributed by atoms with Gasteiger partial charge >= 0.3 is 11.9 Å². The number of rotatable bonds is 6. The number of carboxylic acid groups (broad SMARTS) is 2. The SMILES string of the molecule is CC(C(=O)O)N(C)C.CCCC(C(=O)O)N(C)C. The third kappa shape index (κ3) is 8.95. The molecule has 0 amide bonds. The van der Waals surface area contributed by atoms with Gasteiger partial charge in [0.1, 0.15) is 12.1 Å². The van der Waals surface area contributed by atoms with E-state index in [1.807, 2.05) is 6.92 Å². The molecule has 6 heteroatoms. The molecule has 0 aromatic rings. The predicted molar refractivity (Wildman–Crippen MR) is 70.8 cm³/mol. The molecule has 0 radical (unpaired) electrons. The second kappa shape index (κ2) is 9.85. The summed E-state index contributed by atoms with van der Waals surface area (Å²) in [4.78, 5) is 24.0. The molecule has 0 aromatic carbocycles. The molecule has 0 rings (SSSR count). The van der Waals surface area contributed by atoms with E-state index in [0.29, 0.717) is 0 Å². The van der Waals surface area contributed by atoms with Crippen LogP contribution in [0.4, 0.5) is 0 Å². The summed E-state index contributed by atoms with van der Waals surface area (Å²) in [6.45, 7) is 3.63. The van der Waals surface area contributed by atoms with Gasteiger partial charge in [-0.25, -0.2) is 0 Å². The fourth-order valence-electron chi connectivity index (χ4n) is 1.10. The fourth-order valence-corrected chi connectivity index (χ4v) is 1.10. The zero-order valence-electron chi connectivity index (χ0n) is 12.2. The first-order chi connectivity index (χ1) is 8.14. The van der Waals surface area contributed by atoms with Crippen molar-refractivity contribution in [3.8, 4) is 0 Å². The van der Waals surface area contributed by atoms with Crippen LogP contribution < -0.4 is 0 Å². The van der Waals surface area contributed by atoms with Crippen LogP contribution in [0.2, 0.25) is 0 Å². The van der Waals surface area contributed by atoms with E-state index in [4.69, 9.17) is 10.2 Å². The highest BCUT2D eigenvalue weighted by molar-refractivity contribution is 5.73. The minimum atomic E-state index is -0.782. The minimum Gasteiger partial charge on any atom is -0.480 e. The Hall–Kier alpha value is -1.14. The van der Waals surface area contributed by atoms with E-state index >= 15 is 0 Å². The quantitative estimate of drug-likeness (QED) is 0.737. The molecule has 18 heavy (non-hydrogen) atoms. The smallest absolute Gasteiger partial charge is 0.320 e. The molecule has 2 unspecified atom stereocenters. The van der Waals surface area contributed by atoms with Crippen molar-refractivity contribution in [3.63, 3.8) is 0 Å². The summed E-state index contributed by atoms with van der Waals surface area (Å²) in [7, 11) is 7.04. The van der Waals surface area contributed by atoms with Gasteiger partial charge in [-0.05, 0) is 41.5 Å². The maximum atomic E-state index is 10.5. The summed E-state index contributed by atoms with van der Waals surface area (Å²) in [6, 6.07) is -0.694. The van der Waals surface area contributed by atoms with Gasteiger partial charge in [-0.15, -0.1) is 0 Å². The Labute approximate surface area is 109 Å². The number of hydrogen-bond acceptors (Lipinski definition) is 4. The first kappa shape index (κ1) is 19.2. The number of nitrogens with zero attached hydrogens (tertiary/aromatic N) is 2. The number of hydrogen-bond donors (Lipinski definition) is 2. The second-order valence-electron chi connectivity index (χ2n) is 4.58. The first-order valence-electron chi connectivity index (χ1n) is 5.93. The van der Waals surface area contributed by atoms with Crippen LogP contribution in [0.25, 0.3) is 0 Å². The van der Waals surface area contributed by atoms with Crippen molar-refractivity contribution in [3.05, 3.63) is 0 Å². The van der Waals surface area contributed by atoms with E-state index in [2.05, 4.69) is 0 Å². The van der Waals surface area contributed by atoms with Gasteiger partial charge in [0, 0.05) is 0 Å². The maximum absolute atomic E-state index is 10.5. The van der Waals surface area contributed by atoms with Crippen LogP contribution in [0.3, 0.4) is 0 Å². The Morgan fingerprint density at radius 3 is 1.50 bits per heavy atom. The van der Waals surface area contributed by atoms with Gasteiger partial charge in [-0.1, -0.05) is 13.3 Å². The number of likely N-dealkylation sites (N-methyl/N-ethyl adjacent to an activating group) is 2. The van der Waals surface area contributed by atoms with Crippen LogP contribution in [-0.4, -0.2) is 72.2 Å². The number of aliphatic carboxylic acids is 2. The van der Waals surface area contributed by atoms with Crippen molar-refractivity contribution < 1.29 is 19.8 Å². The maximum Gasteiger partial charge on any atom is 0.320 e. The second-order valence-corrected chi connectivity index (χ2v) is 4.58. The standard InChI is InChI=1S/C7H15NO2.C5H11NO2/c1-4-5-6(7(9)10)8(2)3;1-4(5(7)8)6(2)3/h6H,4-5H2,1-3H3,(H,9,10);4H,1-3H3,(H,7,8). The Kier molecular flexibility index (Phi) is 10.5. The molecule has 0 spiro atoms. The number of carbonyl (C=O) groups is 2. The lowest BCUT2D eigenvalue weighted by atomic mass is 10.1. The van der Waals surface area contributed by atoms with Crippen LogP contribution in [0.5, 0.6) is 0 Å². The lowest BCUT2D eigenvalue weighted by Gasteiger charge is -2.18. The van der Waals surface area contributed by atoms with E-state index in [-0.39, 0.29) is 12.1 Å². The Morgan fingerprint density at radius 2 is 1.44 bits per heavy atom. The lowest BCUT2D eigenvalue weighted by Crippen LogP contribution is -2.35. The molecule has 0 heterocycles. The van der Waals surface area contributed by atoms with Gasteiger partial charge in [-0.2, -0.15) is 0 Å². The van der Waals surface area contributed by atoms with Crippen LogP contribution in [0.15, 0.2) is 0 Å². The lowest BCUT2D eigenvalue weighted by molar-refractivity contribution is -0.143. The fraction of sp³-hybridized carbons (Fsp3) is 0.833. The van der Waals surface area contributed by atoms with Crippen LogP contribution in [-0.2, 0) is 9.59 Å². The van der Waals surface area contributed by atoms with Crippen molar-refractivity contribution in [2.75, 3.05) is 28.2 Å². The Balaban J connectivity index is 0. The molecule has 0 aromatic heterocycles. The van der Waals surface area contributed by atoms with Crippen LogP contribution in [0, 0.1) is 0 Å². The van der Waals surface area contributed by atoms with Crippen molar-refractivity contribution in [1.82, 2.24) is 9.80 Å². The van der Waals surface area contributed by atoms with Gasteiger partial charge in [0.15, 0.2) is 0 Å². The molecule has 108 valence electrons. The summed E-state index contributed by atoms with van der Waals surface area (Å²) in [5.74, 6) is -1.51. The van der Waals surface area contributed by atoms with Crippen molar-refractivity contribution in [2.24, 2.45) is 0 Å². The molecule has 0 saturated heterocycles. The molecule has 6 nitrogen and oxygen atoms in total. The molecular formula is C12H26N2O4. The normalized spacial score (nSPS) is 13.8. The third-order valence-corrected chi connectivity index (χ3v) is 2.60. The molecular weight excluding hydrogens is 236 g/mol. The van der Waals surface area contributed by atoms with Gasteiger partial charge < -0.3 is 10.2 Å². The Bertz CT molecular complexity index is 254. The van der Waals surface area contributed by atoms with E-state index in [1.165, 1.54) is 0 Å². The summed E-state index contributed by atoms with van der Waals surface area (Å²) < 4.78 is 0. The minimum absolute atomic E-state index is 0.315. The summed E-state index contributed by atoms with van der Waals surface area (Å²) >= 11 is 0. The summed E-state index contributed by atoms with van der Waals surface area (Å²) in [5, 5.41) is 16.9. The summed E-state index contributed by atoms with van der Waals surface area (Å²) in [6.07, 6.45) is 1.64. The largest absolute Gasteiger partial charge is 0.480 e. The highest BCUT2D eigenvalue weighted by Crippen LogP contribution is 2.02. The molecule has 0 saturated carbocycles. The van der Waals surface area contributed by atoms with Gasteiger partial charge in [-0.3, -0.25) is 19.4 Å². The highest BCUT2D eigenvalue weighted by atomic mass is 16.4. The van der Waals surface area contributed by atoms with E-state index in [9.17, 15) is 9.59 Å². The van der Waals surface area contributed by atoms with E-state index in [0.717, 1.165) is 12.8 Å². The first-order valence-corrected chi connectivity index (χ1v) is 5.93. The molecule has 2 N–H and O–H groups in total. The molecule has 0 fully saturated rings. The number of carboxylic acids is 2. The average molecular weight is 262 g/mol. The Morgan fingerprint density at radius 1 is 1.00 bits per heavy atom. The predicted octanol–water partition coefficient (Wildman–Crippen LogP) is 0.822. The zero-order chi connectivity index (χ0) is 14.9. The summed E-state index contributed by atoms with van der Waals surface area (Å²) in [5.41, 5.74) is 0. The van der Waals surface area contributed by atoms with E-state index in [1.54, 1.807) is 44.9 Å². The van der Waals surface area contributed by atoms with Crippen LogP contribution >= 0.6 is 0 Å². The van der Waals surface area contributed by atoms with Gasteiger partial charge in [0.2, 0.25) is 0 Å². The van der Waals surface area contributed by atoms with Crippen LogP contribution in [0.1, 0.15) is 26.7 Å². The average Bonchev–Trinajstić information content (AvgIpc) is 2.24. The molecule has 2 atom stereocenters. The van der Waals surface area contributed by atoms with Gasteiger partial charge in [0.05, 0.1) is 0 Å². The molecule has 0 bridgehead atoms. The monoisotopic (exact) mass is 262 g/mol. The van der Waals surface area contributed by atoms with E-state index < -0.39 is 11.9 Å². The van der Waals surface area contributed by atoms with Gasteiger partial charge in [0.25, 0.3) is 0 Å². The third-order valence-electron chi connectivity index (χ3n) is 2.60. The molecule has 0 aliphatic heterocycles. The molecule has 0 aliphatic carbocycles.